The van der Waals surface area contributed by atoms with Crippen molar-refractivity contribution in [2.45, 2.75) is 48.8 Å². The summed E-state index contributed by atoms with van der Waals surface area (Å²) in [6.45, 7) is 0. The molecule has 2 aromatic rings. The van der Waals surface area contributed by atoms with E-state index < -0.39 is 10.0 Å². The zero-order chi connectivity index (χ0) is 15.9. The third-order valence-electron chi connectivity index (χ3n) is 4.56. The Morgan fingerprint density at radius 3 is 2.48 bits per heavy atom. The van der Waals surface area contributed by atoms with E-state index in [-0.39, 0.29) is 23.1 Å². The summed E-state index contributed by atoms with van der Waals surface area (Å²) in [5.74, 6) is 0.778. The standard InChI is InChI=1S/C15H17N3O4S/c19-23(20,15-9-17-21-10-15)18-11-1-2-12(18)8-14(7-11)22-13-3-5-16-6-4-13/h3-6,9-12,14H,1-2,7-8H2. The minimum Gasteiger partial charge on any atom is -0.490 e. The second-order valence-corrected chi connectivity index (χ2v) is 7.82. The van der Waals surface area contributed by atoms with Gasteiger partial charge in [-0.1, -0.05) is 5.16 Å². The lowest BCUT2D eigenvalue weighted by Crippen LogP contribution is -2.49. The first-order valence-corrected chi connectivity index (χ1v) is 9.08. The molecule has 8 heteroatoms. The van der Waals surface area contributed by atoms with Crippen molar-refractivity contribution in [3.05, 3.63) is 37.0 Å². The number of pyridine rings is 1. The molecule has 0 amide bonds. The molecule has 7 nitrogen and oxygen atoms in total. The molecule has 2 aliphatic rings. The van der Waals surface area contributed by atoms with Gasteiger partial charge in [0.05, 0.1) is 6.20 Å². The van der Waals surface area contributed by atoms with Gasteiger partial charge in [0, 0.05) is 37.3 Å². The second kappa shape index (κ2) is 5.61. The molecule has 2 fully saturated rings. The minimum atomic E-state index is -3.54. The lowest BCUT2D eigenvalue weighted by Gasteiger charge is -2.37. The number of fused-ring (bicyclic) bond motifs is 2. The van der Waals surface area contributed by atoms with E-state index >= 15 is 0 Å². The van der Waals surface area contributed by atoms with Gasteiger partial charge in [-0.25, -0.2) is 8.42 Å². The van der Waals surface area contributed by atoms with Crippen LogP contribution in [0.3, 0.4) is 0 Å². The summed E-state index contributed by atoms with van der Waals surface area (Å²) in [6, 6.07) is 3.59. The first-order valence-electron chi connectivity index (χ1n) is 7.64. The highest BCUT2D eigenvalue weighted by Crippen LogP contribution is 2.40. The fraction of sp³-hybridized carbons (Fsp3) is 0.467. The molecular formula is C15H17N3O4S. The molecule has 4 heterocycles. The van der Waals surface area contributed by atoms with E-state index in [1.807, 2.05) is 12.1 Å². The van der Waals surface area contributed by atoms with Crippen LogP contribution in [0.25, 0.3) is 0 Å². The molecule has 2 saturated heterocycles. The van der Waals surface area contributed by atoms with Crippen molar-refractivity contribution in [3.8, 4) is 5.75 Å². The number of rotatable bonds is 4. The zero-order valence-corrected chi connectivity index (χ0v) is 13.2. The highest BCUT2D eigenvalue weighted by molar-refractivity contribution is 7.89. The highest BCUT2D eigenvalue weighted by atomic mass is 32.2. The van der Waals surface area contributed by atoms with Gasteiger partial charge in [0.25, 0.3) is 0 Å². The van der Waals surface area contributed by atoms with Gasteiger partial charge in [0.1, 0.15) is 23.0 Å². The number of sulfonamides is 1. The third-order valence-corrected chi connectivity index (χ3v) is 6.51. The van der Waals surface area contributed by atoms with Gasteiger partial charge in [-0.15, -0.1) is 0 Å². The monoisotopic (exact) mass is 335 g/mol. The van der Waals surface area contributed by atoms with Crippen LogP contribution < -0.4 is 4.74 Å². The van der Waals surface area contributed by atoms with Crippen molar-refractivity contribution in [1.29, 1.82) is 0 Å². The van der Waals surface area contributed by atoms with Crippen molar-refractivity contribution in [1.82, 2.24) is 14.4 Å². The Kier molecular flexibility index (Phi) is 3.57. The molecule has 2 aromatic heterocycles. The van der Waals surface area contributed by atoms with E-state index in [9.17, 15) is 8.42 Å². The van der Waals surface area contributed by atoms with Gasteiger partial charge in [-0.2, -0.15) is 4.31 Å². The van der Waals surface area contributed by atoms with Crippen LogP contribution >= 0.6 is 0 Å². The predicted molar refractivity (Wildman–Crippen MR) is 80.2 cm³/mol. The average molecular weight is 335 g/mol. The Balaban J connectivity index is 1.52. The molecule has 2 bridgehead atoms. The molecular weight excluding hydrogens is 318 g/mol. The SMILES string of the molecule is O=S(=O)(c1cnoc1)N1C2CCC1CC(Oc1ccncc1)C2. The molecule has 4 rings (SSSR count). The molecule has 0 saturated carbocycles. The third kappa shape index (κ3) is 2.61. The number of ether oxygens (including phenoxy) is 1. The van der Waals surface area contributed by atoms with Gasteiger partial charge in [0.2, 0.25) is 10.0 Å². The van der Waals surface area contributed by atoms with Crippen LogP contribution in [-0.4, -0.2) is 41.1 Å². The van der Waals surface area contributed by atoms with Crippen molar-refractivity contribution in [3.63, 3.8) is 0 Å². The molecule has 23 heavy (non-hydrogen) atoms. The van der Waals surface area contributed by atoms with Crippen molar-refractivity contribution < 1.29 is 17.7 Å². The number of aromatic nitrogens is 2. The Morgan fingerprint density at radius 2 is 1.87 bits per heavy atom. The van der Waals surface area contributed by atoms with Crippen LogP contribution in [0.4, 0.5) is 0 Å². The highest BCUT2D eigenvalue weighted by Gasteiger charge is 2.48. The lowest BCUT2D eigenvalue weighted by molar-refractivity contribution is 0.0956. The van der Waals surface area contributed by atoms with Gasteiger partial charge in [-0.3, -0.25) is 4.98 Å². The smallest absolute Gasteiger partial charge is 0.248 e. The molecule has 2 atom stereocenters. The maximum Gasteiger partial charge on any atom is 0.248 e. The zero-order valence-electron chi connectivity index (χ0n) is 12.4. The molecule has 2 aliphatic heterocycles. The van der Waals surface area contributed by atoms with E-state index in [0.717, 1.165) is 18.6 Å². The number of nitrogens with zero attached hydrogens (tertiary/aromatic N) is 3. The molecule has 0 radical (unpaired) electrons. The van der Waals surface area contributed by atoms with Crippen LogP contribution in [0, 0.1) is 0 Å². The predicted octanol–water partition coefficient (Wildman–Crippen LogP) is 1.83. The Bertz CT molecular complexity index is 749. The number of piperidine rings is 1. The van der Waals surface area contributed by atoms with Crippen molar-refractivity contribution >= 4 is 10.0 Å². The normalized spacial score (nSPS) is 27.9. The summed E-state index contributed by atoms with van der Waals surface area (Å²) in [4.78, 5) is 4.10. The van der Waals surface area contributed by atoms with Gasteiger partial charge in [0.15, 0.2) is 0 Å². The van der Waals surface area contributed by atoms with Crippen LogP contribution in [0.15, 0.2) is 46.4 Å². The van der Waals surface area contributed by atoms with E-state index in [1.165, 1.54) is 12.5 Å². The first-order chi connectivity index (χ1) is 11.1. The molecule has 0 aliphatic carbocycles. The first kappa shape index (κ1) is 14.6. The van der Waals surface area contributed by atoms with E-state index in [2.05, 4.69) is 10.1 Å². The summed E-state index contributed by atoms with van der Waals surface area (Å²) in [7, 11) is -3.54. The van der Waals surface area contributed by atoms with Crippen LogP contribution in [-0.2, 0) is 10.0 Å². The van der Waals surface area contributed by atoms with Gasteiger partial charge >= 0.3 is 0 Å². The van der Waals surface area contributed by atoms with E-state index in [0.29, 0.717) is 12.8 Å². The van der Waals surface area contributed by atoms with Crippen LogP contribution in [0.1, 0.15) is 25.7 Å². The quantitative estimate of drug-likeness (QED) is 0.847. The maximum absolute atomic E-state index is 12.8. The minimum absolute atomic E-state index is 0.0273. The largest absolute Gasteiger partial charge is 0.490 e. The van der Waals surface area contributed by atoms with Crippen LogP contribution in [0.5, 0.6) is 5.75 Å². The maximum atomic E-state index is 12.8. The molecule has 0 N–H and O–H groups in total. The number of hydrogen-bond acceptors (Lipinski definition) is 6. The summed E-state index contributed by atoms with van der Waals surface area (Å²) in [5.41, 5.74) is 0. The summed E-state index contributed by atoms with van der Waals surface area (Å²) in [5, 5.41) is 3.51. The van der Waals surface area contributed by atoms with Crippen molar-refractivity contribution in [2.24, 2.45) is 0 Å². The second-order valence-electron chi connectivity index (χ2n) is 5.97. The molecule has 2 unspecified atom stereocenters. The fourth-order valence-electron chi connectivity index (χ4n) is 3.63. The average Bonchev–Trinajstić information content (AvgIpc) is 3.16. The van der Waals surface area contributed by atoms with Gasteiger partial charge in [-0.05, 0) is 25.0 Å². The van der Waals surface area contributed by atoms with Crippen LogP contribution in [0.2, 0.25) is 0 Å². The Hall–Kier alpha value is -1.93. The summed E-state index contributed by atoms with van der Waals surface area (Å²) >= 11 is 0. The Labute approximate surface area is 134 Å². The topological polar surface area (TPSA) is 85.5 Å². The number of hydrogen-bond donors (Lipinski definition) is 0. The fourth-order valence-corrected chi connectivity index (χ4v) is 5.38. The summed E-state index contributed by atoms with van der Waals surface area (Å²) < 4.78 is 37.8. The van der Waals surface area contributed by atoms with Crippen molar-refractivity contribution in [2.75, 3.05) is 0 Å². The lowest BCUT2D eigenvalue weighted by atomic mass is 10.0. The van der Waals surface area contributed by atoms with E-state index in [1.54, 1.807) is 16.7 Å². The molecule has 0 spiro atoms. The van der Waals surface area contributed by atoms with Gasteiger partial charge < -0.3 is 9.26 Å². The molecule has 0 aromatic carbocycles. The summed E-state index contributed by atoms with van der Waals surface area (Å²) in [6.07, 6.45) is 8.99. The Morgan fingerprint density at radius 1 is 1.17 bits per heavy atom. The molecule has 122 valence electrons. The van der Waals surface area contributed by atoms with E-state index in [4.69, 9.17) is 9.26 Å².